The Bertz CT molecular complexity index is 169. The number of carbonyl (C=O) groups excluding carboxylic acids is 1. The van der Waals surface area contributed by atoms with Gasteiger partial charge in [-0.2, -0.15) is 0 Å². The average molecular weight is 231 g/mol. The van der Waals surface area contributed by atoms with Gasteiger partial charge in [0.1, 0.15) is 5.60 Å². The standard InChI is InChI=1S/C7H15NO.C5H10O2/c1-9-6-7-3-2-4-8-5-7;1-5(2,3)7-4-6/h7-8H,2-6H2,1H3;4H,1-3H3. The van der Waals surface area contributed by atoms with E-state index in [0.717, 1.165) is 19.1 Å². The lowest BCUT2D eigenvalue weighted by Gasteiger charge is -2.21. The Morgan fingerprint density at radius 3 is 2.44 bits per heavy atom. The van der Waals surface area contributed by atoms with Gasteiger partial charge in [0.15, 0.2) is 0 Å². The lowest BCUT2D eigenvalue weighted by atomic mass is 10.0. The van der Waals surface area contributed by atoms with Gasteiger partial charge < -0.3 is 14.8 Å². The summed E-state index contributed by atoms with van der Waals surface area (Å²) in [4.78, 5) is 9.60. The summed E-state index contributed by atoms with van der Waals surface area (Å²) in [6.07, 6.45) is 2.65. The molecule has 0 spiro atoms. The van der Waals surface area contributed by atoms with Crippen molar-refractivity contribution in [1.29, 1.82) is 0 Å². The second-order valence-electron chi connectivity index (χ2n) is 4.99. The molecular formula is C12H25NO3. The zero-order chi connectivity index (χ0) is 12.4. The Morgan fingerprint density at radius 2 is 2.12 bits per heavy atom. The first kappa shape index (κ1) is 15.4. The smallest absolute Gasteiger partial charge is 0.293 e. The molecule has 0 aromatic carbocycles. The molecule has 16 heavy (non-hydrogen) atoms. The first-order valence-corrected chi connectivity index (χ1v) is 5.80. The summed E-state index contributed by atoms with van der Waals surface area (Å²) in [5.41, 5.74) is -0.318. The highest BCUT2D eigenvalue weighted by Crippen LogP contribution is 2.08. The molecule has 1 aliphatic heterocycles. The molecule has 1 heterocycles. The van der Waals surface area contributed by atoms with E-state index in [1.807, 2.05) is 20.8 Å². The molecule has 1 N–H and O–H groups in total. The highest BCUT2D eigenvalue weighted by molar-refractivity contribution is 5.37. The molecule has 0 aliphatic carbocycles. The number of piperidine rings is 1. The zero-order valence-electron chi connectivity index (χ0n) is 10.9. The van der Waals surface area contributed by atoms with Gasteiger partial charge in [-0.25, -0.2) is 0 Å². The maximum atomic E-state index is 9.60. The zero-order valence-corrected chi connectivity index (χ0v) is 10.9. The van der Waals surface area contributed by atoms with Gasteiger partial charge in [0, 0.05) is 13.7 Å². The third-order valence-electron chi connectivity index (χ3n) is 2.20. The molecule has 1 rings (SSSR count). The highest BCUT2D eigenvalue weighted by atomic mass is 16.5. The lowest BCUT2D eigenvalue weighted by Crippen LogP contribution is -2.31. The van der Waals surface area contributed by atoms with Crippen molar-refractivity contribution in [2.75, 3.05) is 26.8 Å². The summed E-state index contributed by atoms with van der Waals surface area (Å²) in [7, 11) is 1.77. The fraction of sp³-hybridized carbons (Fsp3) is 0.917. The van der Waals surface area contributed by atoms with Crippen molar-refractivity contribution in [2.24, 2.45) is 5.92 Å². The molecule has 1 saturated heterocycles. The number of ether oxygens (including phenoxy) is 2. The first-order valence-electron chi connectivity index (χ1n) is 5.80. The van der Waals surface area contributed by atoms with Crippen LogP contribution in [0.2, 0.25) is 0 Å². The number of rotatable bonds is 3. The van der Waals surface area contributed by atoms with Crippen molar-refractivity contribution in [3.63, 3.8) is 0 Å². The molecule has 1 aliphatic rings. The van der Waals surface area contributed by atoms with Gasteiger partial charge in [-0.1, -0.05) is 0 Å². The van der Waals surface area contributed by atoms with Crippen molar-refractivity contribution in [2.45, 2.75) is 39.2 Å². The maximum Gasteiger partial charge on any atom is 0.293 e. The molecule has 0 aromatic heterocycles. The molecule has 4 nitrogen and oxygen atoms in total. The predicted molar refractivity (Wildman–Crippen MR) is 64.4 cm³/mol. The molecule has 0 saturated carbocycles. The van der Waals surface area contributed by atoms with E-state index in [4.69, 9.17) is 4.74 Å². The minimum absolute atomic E-state index is 0.318. The quantitative estimate of drug-likeness (QED) is 0.749. The molecule has 0 aromatic rings. The Morgan fingerprint density at radius 1 is 1.44 bits per heavy atom. The van der Waals surface area contributed by atoms with E-state index in [9.17, 15) is 4.79 Å². The molecule has 1 fully saturated rings. The summed E-state index contributed by atoms with van der Waals surface area (Å²) in [5.74, 6) is 0.767. The first-order chi connectivity index (χ1) is 7.49. The monoisotopic (exact) mass is 231 g/mol. The second-order valence-corrected chi connectivity index (χ2v) is 4.99. The SMILES string of the molecule is CC(C)(C)OC=O.COCC1CCCNC1. The second kappa shape index (κ2) is 8.53. The van der Waals surface area contributed by atoms with Crippen LogP contribution in [0, 0.1) is 5.92 Å². The largest absolute Gasteiger partial charge is 0.462 e. The number of carbonyl (C=O) groups is 1. The van der Waals surface area contributed by atoms with Crippen LogP contribution >= 0.6 is 0 Å². The van der Waals surface area contributed by atoms with Gasteiger partial charge in [-0.05, 0) is 46.1 Å². The average Bonchev–Trinajstić information content (AvgIpc) is 2.19. The maximum absolute atomic E-state index is 9.60. The van der Waals surface area contributed by atoms with Crippen LogP contribution in [0.1, 0.15) is 33.6 Å². The topological polar surface area (TPSA) is 47.6 Å². The molecule has 0 radical (unpaired) electrons. The molecule has 0 bridgehead atoms. The van der Waals surface area contributed by atoms with E-state index in [-0.39, 0.29) is 5.60 Å². The fourth-order valence-corrected chi connectivity index (χ4v) is 1.45. The van der Waals surface area contributed by atoms with Crippen LogP contribution in [-0.4, -0.2) is 38.9 Å². The Hall–Kier alpha value is -0.610. The van der Waals surface area contributed by atoms with Crippen molar-refractivity contribution >= 4 is 6.47 Å². The van der Waals surface area contributed by atoms with E-state index < -0.39 is 0 Å². The third kappa shape index (κ3) is 9.93. The number of methoxy groups -OCH3 is 1. The van der Waals surface area contributed by atoms with Crippen LogP contribution in [0.5, 0.6) is 0 Å². The minimum atomic E-state index is -0.318. The normalized spacial score (nSPS) is 20.6. The van der Waals surface area contributed by atoms with Crippen LogP contribution in [0.25, 0.3) is 0 Å². The van der Waals surface area contributed by atoms with E-state index in [2.05, 4.69) is 10.1 Å². The fourth-order valence-electron chi connectivity index (χ4n) is 1.45. The number of hydrogen-bond acceptors (Lipinski definition) is 4. The van der Waals surface area contributed by atoms with Crippen LogP contribution < -0.4 is 5.32 Å². The third-order valence-corrected chi connectivity index (χ3v) is 2.20. The highest BCUT2D eigenvalue weighted by Gasteiger charge is 2.11. The summed E-state index contributed by atoms with van der Waals surface area (Å²) < 4.78 is 9.59. The molecule has 1 unspecified atom stereocenters. The lowest BCUT2D eigenvalue weighted by molar-refractivity contribution is -0.138. The number of nitrogens with one attached hydrogen (secondary N) is 1. The summed E-state index contributed by atoms with van der Waals surface area (Å²) in [5, 5.41) is 3.34. The van der Waals surface area contributed by atoms with E-state index in [1.165, 1.54) is 19.4 Å². The van der Waals surface area contributed by atoms with Gasteiger partial charge in [-0.3, -0.25) is 4.79 Å². The minimum Gasteiger partial charge on any atom is -0.462 e. The van der Waals surface area contributed by atoms with Gasteiger partial charge in [0.25, 0.3) is 6.47 Å². The van der Waals surface area contributed by atoms with Crippen LogP contribution in [0.4, 0.5) is 0 Å². The van der Waals surface area contributed by atoms with Crippen molar-refractivity contribution in [3.05, 3.63) is 0 Å². The van der Waals surface area contributed by atoms with Crippen LogP contribution in [0.15, 0.2) is 0 Å². The Kier molecular flexibility index (Phi) is 8.21. The van der Waals surface area contributed by atoms with E-state index >= 15 is 0 Å². The van der Waals surface area contributed by atoms with Crippen molar-refractivity contribution in [1.82, 2.24) is 5.32 Å². The van der Waals surface area contributed by atoms with Gasteiger partial charge in [-0.15, -0.1) is 0 Å². The summed E-state index contributed by atoms with van der Waals surface area (Å²) >= 11 is 0. The van der Waals surface area contributed by atoms with Crippen molar-refractivity contribution < 1.29 is 14.3 Å². The van der Waals surface area contributed by atoms with Crippen LogP contribution in [-0.2, 0) is 14.3 Å². The van der Waals surface area contributed by atoms with E-state index in [1.54, 1.807) is 7.11 Å². The van der Waals surface area contributed by atoms with Crippen LogP contribution in [0.3, 0.4) is 0 Å². The molecule has 0 amide bonds. The Labute approximate surface area is 98.7 Å². The number of hydrogen-bond donors (Lipinski definition) is 1. The molecule has 4 heteroatoms. The molecule has 1 atom stereocenters. The summed E-state index contributed by atoms with van der Waals surface area (Å²) in [6.45, 7) is 9.19. The predicted octanol–water partition coefficient (Wildman–Crippen LogP) is 1.59. The van der Waals surface area contributed by atoms with Gasteiger partial charge >= 0.3 is 0 Å². The van der Waals surface area contributed by atoms with E-state index in [0.29, 0.717) is 6.47 Å². The van der Waals surface area contributed by atoms with Gasteiger partial charge in [0.05, 0.1) is 6.61 Å². The Balaban J connectivity index is 0.000000293. The molecular weight excluding hydrogens is 206 g/mol. The molecule has 96 valence electrons. The van der Waals surface area contributed by atoms with Gasteiger partial charge in [0.2, 0.25) is 0 Å². The summed E-state index contributed by atoms with van der Waals surface area (Å²) in [6, 6.07) is 0. The van der Waals surface area contributed by atoms with Crippen molar-refractivity contribution in [3.8, 4) is 0 Å².